The molecule has 0 saturated heterocycles. The van der Waals surface area contributed by atoms with Gasteiger partial charge >= 0.3 is 6.09 Å². The average molecular weight is 678 g/mol. The minimum Gasteiger partial charge on any atom is -0.450 e. The number of anilines is 1. The minimum absolute atomic E-state index is 0.0398. The Morgan fingerprint density at radius 2 is 1.93 bits per heavy atom. The van der Waals surface area contributed by atoms with Gasteiger partial charge in [0.1, 0.15) is 11.4 Å². The van der Waals surface area contributed by atoms with Crippen molar-refractivity contribution in [1.82, 2.24) is 9.97 Å². The number of thioether (sulfide) groups is 1. The van der Waals surface area contributed by atoms with Gasteiger partial charge in [-0.15, -0.1) is 11.3 Å². The van der Waals surface area contributed by atoms with E-state index in [4.69, 9.17) is 40.5 Å². The van der Waals surface area contributed by atoms with Gasteiger partial charge in [0, 0.05) is 35.9 Å². The molecule has 8 nitrogen and oxygen atoms in total. The highest BCUT2D eigenvalue weighted by atomic mass is 35.5. The molecule has 1 aliphatic rings. The number of aromatic nitrogens is 2. The Morgan fingerprint density at radius 3 is 2.64 bits per heavy atom. The Balaban J connectivity index is 1.61. The third kappa shape index (κ3) is 7.32. The van der Waals surface area contributed by atoms with Gasteiger partial charge in [0.15, 0.2) is 11.9 Å². The summed E-state index contributed by atoms with van der Waals surface area (Å²) in [6.07, 6.45) is -0.584. The molecule has 2 aromatic heterocycles. The molecule has 0 unspecified atom stereocenters. The van der Waals surface area contributed by atoms with Gasteiger partial charge in [0.25, 0.3) is 0 Å². The molecule has 1 N–H and O–H groups in total. The van der Waals surface area contributed by atoms with Crippen molar-refractivity contribution >= 4 is 74.9 Å². The lowest BCUT2D eigenvalue weighted by molar-refractivity contribution is 0.0198. The zero-order valence-electron chi connectivity index (χ0n) is 26.0. The first-order chi connectivity index (χ1) is 20.8. The van der Waals surface area contributed by atoms with Crippen molar-refractivity contribution < 1.29 is 28.1 Å². The molecule has 236 valence electrons. The van der Waals surface area contributed by atoms with Crippen LogP contribution in [0.3, 0.4) is 0 Å². The number of carbonyl (C=O) groups excluding carboxylic acids is 1. The van der Waals surface area contributed by atoms with E-state index in [0.29, 0.717) is 50.1 Å². The normalized spacial score (nSPS) is 13.5. The number of carbonyl (C=O) groups is 1. The van der Waals surface area contributed by atoms with Gasteiger partial charge in [0.2, 0.25) is 5.88 Å². The number of rotatable bonds is 10. The number of hydrogen-bond acceptors (Lipinski definition) is 9. The molecular formula is C31H37ClFN3O5S2Si. The van der Waals surface area contributed by atoms with Crippen LogP contribution in [0.2, 0.25) is 30.7 Å². The number of fused-ring (bicyclic) bond motifs is 4. The SMILES string of the molecule is CCSc1nc(OCOCC[Si](C)(C)C)c2c3c(c(-c4c(F)ccc5sc(NC(=O)OC(C)(C)C)cc45)c(Cl)c2n1)COC3. The fourth-order valence-corrected chi connectivity index (χ4v) is 7.49. The number of halogens is 2. The molecule has 0 saturated carbocycles. The van der Waals surface area contributed by atoms with Crippen LogP contribution in [0.15, 0.2) is 23.4 Å². The van der Waals surface area contributed by atoms with Crippen LogP contribution in [-0.2, 0) is 27.4 Å². The number of amides is 1. The lowest BCUT2D eigenvalue weighted by Gasteiger charge is -2.19. The summed E-state index contributed by atoms with van der Waals surface area (Å²) in [4.78, 5) is 22.0. The van der Waals surface area contributed by atoms with Gasteiger partial charge in [-0.2, -0.15) is 4.98 Å². The summed E-state index contributed by atoms with van der Waals surface area (Å²) in [6.45, 7) is 15.4. The fourth-order valence-electron chi connectivity index (χ4n) is 4.88. The van der Waals surface area contributed by atoms with E-state index in [1.807, 2.05) is 6.92 Å². The predicted molar refractivity (Wildman–Crippen MR) is 180 cm³/mol. The minimum atomic E-state index is -1.25. The van der Waals surface area contributed by atoms with Crippen molar-refractivity contribution in [1.29, 1.82) is 0 Å². The van der Waals surface area contributed by atoms with Crippen molar-refractivity contribution in [2.45, 2.75) is 77.4 Å². The second-order valence-electron chi connectivity index (χ2n) is 12.7. The van der Waals surface area contributed by atoms with E-state index in [1.54, 1.807) is 32.9 Å². The lowest BCUT2D eigenvalue weighted by Crippen LogP contribution is -2.26. The van der Waals surface area contributed by atoms with Crippen LogP contribution in [0.5, 0.6) is 5.88 Å². The number of nitrogens with zero attached hydrogens (tertiary/aromatic N) is 2. The molecule has 0 bridgehead atoms. The van der Waals surface area contributed by atoms with Gasteiger partial charge in [0.05, 0.1) is 34.1 Å². The summed E-state index contributed by atoms with van der Waals surface area (Å²) in [5.74, 6) is 0.665. The molecular weight excluding hydrogens is 641 g/mol. The molecule has 0 spiro atoms. The summed E-state index contributed by atoms with van der Waals surface area (Å²) < 4.78 is 39.9. The van der Waals surface area contributed by atoms with Crippen LogP contribution >= 0.6 is 34.7 Å². The molecule has 1 aliphatic heterocycles. The monoisotopic (exact) mass is 677 g/mol. The maximum Gasteiger partial charge on any atom is 0.412 e. The molecule has 3 heterocycles. The van der Waals surface area contributed by atoms with Crippen molar-refractivity contribution in [3.63, 3.8) is 0 Å². The summed E-state index contributed by atoms with van der Waals surface area (Å²) in [5, 5.41) is 5.35. The van der Waals surface area contributed by atoms with Crippen LogP contribution in [0.1, 0.15) is 38.8 Å². The van der Waals surface area contributed by atoms with Crippen LogP contribution in [0.25, 0.3) is 32.1 Å². The van der Waals surface area contributed by atoms with E-state index in [-0.39, 0.29) is 25.0 Å². The molecule has 1 amide bonds. The second-order valence-corrected chi connectivity index (χ2v) is 21.0. The zero-order valence-corrected chi connectivity index (χ0v) is 29.4. The van der Waals surface area contributed by atoms with Crippen LogP contribution < -0.4 is 10.1 Å². The number of thiophene rings is 1. The first-order valence-electron chi connectivity index (χ1n) is 14.4. The van der Waals surface area contributed by atoms with Crippen LogP contribution in [-0.4, -0.2) is 48.9 Å². The zero-order chi connectivity index (χ0) is 31.8. The molecule has 13 heteroatoms. The largest absolute Gasteiger partial charge is 0.450 e. The summed E-state index contributed by atoms with van der Waals surface area (Å²) >= 11 is 9.97. The van der Waals surface area contributed by atoms with Crippen molar-refractivity contribution in [2.24, 2.45) is 0 Å². The molecule has 44 heavy (non-hydrogen) atoms. The van der Waals surface area contributed by atoms with Gasteiger partial charge < -0.3 is 18.9 Å². The standard InChI is InChI=1S/C31H37ClFN3O5S2Si/c1-8-42-29-35-27-25(28(36-29)40-16-38-11-12-44(5,6)7)19-15-39-14-18(19)24(26(27)32)23-17-13-22(34-30(37)41-31(2,3)4)43-21(17)10-9-20(23)33/h9-10,13H,8,11-12,14-16H2,1-7H3,(H,34,37). The highest BCUT2D eigenvalue weighted by Gasteiger charge is 2.30. The summed E-state index contributed by atoms with van der Waals surface area (Å²) in [7, 11) is -1.25. The molecule has 0 radical (unpaired) electrons. The summed E-state index contributed by atoms with van der Waals surface area (Å²) in [6, 6.07) is 5.87. The Morgan fingerprint density at radius 1 is 1.18 bits per heavy atom. The van der Waals surface area contributed by atoms with Gasteiger partial charge in [-0.25, -0.2) is 14.2 Å². The van der Waals surface area contributed by atoms with E-state index in [1.165, 1.54) is 29.2 Å². The lowest BCUT2D eigenvalue weighted by atomic mass is 9.92. The van der Waals surface area contributed by atoms with Crippen LogP contribution in [0.4, 0.5) is 14.2 Å². The molecule has 4 aromatic rings. The number of nitrogens with one attached hydrogen (secondary N) is 1. The predicted octanol–water partition coefficient (Wildman–Crippen LogP) is 9.48. The van der Waals surface area contributed by atoms with E-state index in [0.717, 1.165) is 27.6 Å². The Hall–Kier alpha value is -2.48. The second kappa shape index (κ2) is 13.1. The third-order valence-electron chi connectivity index (χ3n) is 6.82. The number of hydrogen-bond donors (Lipinski definition) is 1. The highest BCUT2D eigenvalue weighted by Crippen LogP contribution is 2.49. The van der Waals surface area contributed by atoms with E-state index in [2.05, 4.69) is 25.0 Å². The fraction of sp³-hybridized carbons (Fsp3) is 0.452. The maximum absolute atomic E-state index is 15.9. The summed E-state index contributed by atoms with van der Waals surface area (Å²) in [5.41, 5.74) is 2.21. The van der Waals surface area contributed by atoms with Crippen molar-refractivity contribution in [3.8, 4) is 17.0 Å². The number of ether oxygens (including phenoxy) is 4. The van der Waals surface area contributed by atoms with E-state index >= 15 is 4.39 Å². The van der Waals surface area contributed by atoms with Gasteiger partial charge in [-0.1, -0.05) is 49.9 Å². The Labute approximate surface area is 271 Å². The molecule has 0 atom stereocenters. The Bertz CT molecular complexity index is 1720. The molecule has 0 aliphatic carbocycles. The highest BCUT2D eigenvalue weighted by molar-refractivity contribution is 7.99. The van der Waals surface area contributed by atoms with E-state index < -0.39 is 25.6 Å². The van der Waals surface area contributed by atoms with Crippen molar-refractivity contribution in [3.05, 3.63) is 40.2 Å². The van der Waals surface area contributed by atoms with Gasteiger partial charge in [-0.05, 0) is 61.9 Å². The molecule has 2 aromatic carbocycles. The first-order valence-corrected chi connectivity index (χ1v) is 20.3. The average Bonchev–Trinajstić information content (AvgIpc) is 3.55. The molecule has 5 rings (SSSR count). The first kappa shape index (κ1) is 32.9. The Kier molecular flexibility index (Phi) is 9.79. The quantitative estimate of drug-likeness (QED) is 0.0583. The maximum atomic E-state index is 15.9. The molecule has 0 fully saturated rings. The topological polar surface area (TPSA) is 91.8 Å². The smallest absolute Gasteiger partial charge is 0.412 e. The van der Waals surface area contributed by atoms with Crippen molar-refractivity contribution in [2.75, 3.05) is 24.5 Å². The third-order valence-corrected chi connectivity index (χ3v) is 10.6. The van der Waals surface area contributed by atoms with E-state index in [9.17, 15) is 4.79 Å². The van der Waals surface area contributed by atoms with Crippen LogP contribution in [0, 0.1) is 5.82 Å². The number of benzene rings is 2. The van der Waals surface area contributed by atoms with Gasteiger partial charge in [-0.3, -0.25) is 5.32 Å².